The van der Waals surface area contributed by atoms with Crippen LogP contribution < -0.4 is 5.73 Å². The maximum absolute atomic E-state index is 12.3. The molecule has 92 valence electrons. The van der Waals surface area contributed by atoms with Crippen LogP contribution in [0.25, 0.3) is 6.08 Å². The van der Waals surface area contributed by atoms with Crippen LogP contribution in [0, 0.1) is 0 Å². The predicted octanol–water partition coefficient (Wildman–Crippen LogP) is 1.31. The molecule has 1 aromatic rings. The topological polar surface area (TPSA) is 69.4 Å². The minimum Gasteiger partial charge on any atom is -0.376 e. The molecule has 17 heavy (non-hydrogen) atoms. The van der Waals surface area contributed by atoms with Gasteiger partial charge in [0.05, 0.1) is 16.4 Å². The monoisotopic (exact) mass is 253 g/mol. The van der Waals surface area contributed by atoms with Gasteiger partial charge < -0.3 is 10.5 Å². The van der Waals surface area contributed by atoms with Crippen molar-refractivity contribution in [3.8, 4) is 0 Å². The average Bonchev–Trinajstić information content (AvgIpc) is 2.58. The third-order valence-corrected chi connectivity index (χ3v) is 4.69. The summed E-state index contributed by atoms with van der Waals surface area (Å²) in [6.07, 6.45) is 1.67. The lowest BCUT2D eigenvalue weighted by atomic mass is 10.1. The molecule has 0 aromatic heterocycles. The first-order chi connectivity index (χ1) is 8.11. The standard InChI is InChI=1S/C12H15NO3S/c1-2-16-8-11-6-9-4-3-5-10(7-13)12(9)17(11,14)15/h3-6H,2,7-8,13H2,1H3. The van der Waals surface area contributed by atoms with Gasteiger partial charge in [-0.1, -0.05) is 18.2 Å². The first-order valence-electron chi connectivity index (χ1n) is 5.46. The van der Waals surface area contributed by atoms with E-state index in [0.29, 0.717) is 27.5 Å². The molecule has 0 bridgehead atoms. The van der Waals surface area contributed by atoms with Crippen LogP contribution in [0.5, 0.6) is 0 Å². The molecule has 1 aliphatic heterocycles. The zero-order valence-corrected chi connectivity index (χ0v) is 10.5. The quantitative estimate of drug-likeness (QED) is 0.878. The Morgan fingerprint density at radius 2 is 2.12 bits per heavy atom. The van der Waals surface area contributed by atoms with Gasteiger partial charge in [-0.05, 0) is 24.1 Å². The van der Waals surface area contributed by atoms with E-state index in [1.165, 1.54) is 0 Å². The third kappa shape index (κ3) is 2.01. The van der Waals surface area contributed by atoms with E-state index in [1.54, 1.807) is 18.2 Å². The van der Waals surface area contributed by atoms with Gasteiger partial charge in [0.15, 0.2) is 0 Å². The van der Waals surface area contributed by atoms with Gasteiger partial charge in [0.25, 0.3) is 0 Å². The van der Waals surface area contributed by atoms with Gasteiger partial charge in [0.2, 0.25) is 9.84 Å². The number of hydrogen-bond acceptors (Lipinski definition) is 4. The zero-order valence-electron chi connectivity index (χ0n) is 9.64. The van der Waals surface area contributed by atoms with Crippen molar-refractivity contribution in [1.82, 2.24) is 0 Å². The average molecular weight is 253 g/mol. The van der Waals surface area contributed by atoms with Crippen LogP contribution in [-0.2, 0) is 21.1 Å². The molecule has 1 aliphatic rings. The Morgan fingerprint density at radius 1 is 1.35 bits per heavy atom. The van der Waals surface area contributed by atoms with E-state index >= 15 is 0 Å². The number of nitrogens with two attached hydrogens (primary N) is 1. The van der Waals surface area contributed by atoms with Crippen molar-refractivity contribution in [3.05, 3.63) is 34.2 Å². The molecule has 0 radical (unpaired) electrons. The lowest BCUT2D eigenvalue weighted by Crippen LogP contribution is -2.10. The number of benzene rings is 1. The molecule has 2 N–H and O–H groups in total. The fourth-order valence-corrected chi connectivity index (χ4v) is 3.63. The molecule has 1 heterocycles. The molecule has 0 atom stereocenters. The highest BCUT2D eigenvalue weighted by Gasteiger charge is 2.31. The minimum absolute atomic E-state index is 0.123. The fraction of sp³-hybridized carbons (Fsp3) is 0.333. The van der Waals surface area contributed by atoms with Gasteiger partial charge in [-0.25, -0.2) is 8.42 Å². The predicted molar refractivity (Wildman–Crippen MR) is 66.0 cm³/mol. The molecule has 1 aromatic carbocycles. The van der Waals surface area contributed by atoms with E-state index in [1.807, 2.05) is 13.0 Å². The molecule has 5 heteroatoms. The molecule has 0 fully saturated rings. The van der Waals surface area contributed by atoms with Crippen molar-refractivity contribution >= 4 is 15.9 Å². The molecule has 4 nitrogen and oxygen atoms in total. The van der Waals surface area contributed by atoms with Gasteiger partial charge in [-0.3, -0.25) is 0 Å². The summed E-state index contributed by atoms with van der Waals surface area (Å²) in [5.41, 5.74) is 6.94. The molecular weight excluding hydrogens is 238 g/mol. The van der Waals surface area contributed by atoms with Gasteiger partial charge in [0.1, 0.15) is 0 Å². The van der Waals surface area contributed by atoms with Gasteiger partial charge in [0, 0.05) is 13.2 Å². The second kappa shape index (κ2) is 4.60. The van der Waals surface area contributed by atoms with Crippen LogP contribution in [-0.4, -0.2) is 21.6 Å². The van der Waals surface area contributed by atoms with Crippen molar-refractivity contribution in [2.24, 2.45) is 5.73 Å². The molecule has 0 amide bonds. The summed E-state index contributed by atoms with van der Waals surface area (Å²) in [6.45, 7) is 2.67. The summed E-state index contributed by atoms with van der Waals surface area (Å²) < 4.78 is 29.7. The number of rotatable bonds is 4. The lowest BCUT2D eigenvalue weighted by molar-refractivity contribution is 0.175. The summed E-state index contributed by atoms with van der Waals surface area (Å²) in [5, 5.41) is 0. The largest absolute Gasteiger partial charge is 0.376 e. The Balaban J connectivity index is 2.48. The molecule has 2 rings (SSSR count). The van der Waals surface area contributed by atoms with Crippen LogP contribution in [0.1, 0.15) is 18.1 Å². The van der Waals surface area contributed by atoms with Gasteiger partial charge >= 0.3 is 0 Å². The van der Waals surface area contributed by atoms with E-state index in [-0.39, 0.29) is 13.2 Å². The number of fused-ring (bicyclic) bond motifs is 1. The SMILES string of the molecule is CCOCC1=Cc2cccc(CN)c2S1(=O)=O. The molecule has 0 saturated carbocycles. The molecule has 0 spiro atoms. The summed E-state index contributed by atoms with van der Waals surface area (Å²) in [4.78, 5) is 0.660. The maximum Gasteiger partial charge on any atom is 0.206 e. The third-order valence-electron chi connectivity index (χ3n) is 2.73. The van der Waals surface area contributed by atoms with Crippen molar-refractivity contribution < 1.29 is 13.2 Å². The lowest BCUT2D eigenvalue weighted by Gasteiger charge is -2.07. The Kier molecular flexibility index (Phi) is 3.33. The van der Waals surface area contributed by atoms with Crippen molar-refractivity contribution in [1.29, 1.82) is 0 Å². The first-order valence-corrected chi connectivity index (χ1v) is 6.95. The summed E-state index contributed by atoms with van der Waals surface area (Å²) in [5.74, 6) is 0. The van der Waals surface area contributed by atoms with Crippen LogP contribution in [0.4, 0.5) is 0 Å². The van der Waals surface area contributed by atoms with E-state index in [9.17, 15) is 8.42 Å². The summed E-state index contributed by atoms with van der Waals surface area (Å²) >= 11 is 0. The summed E-state index contributed by atoms with van der Waals surface area (Å²) in [7, 11) is -3.41. The normalized spacial score (nSPS) is 16.7. The molecule has 0 saturated heterocycles. The molecule has 0 aliphatic carbocycles. The molecule has 0 unspecified atom stereocenters. The van der Waals surface area contributed by atoms with Crippen molar-refractivity contribution in [2.75, 3.05) is 13.2 Å². The minimum atomic E-state index is -3.41. The highest BCUT2D eigenvalue weighted by molar-refractivity contribution is 7.96. The Hall–Kier alpha value is -1.17. The van der Waals surface area contributed by atoms with Crippen LogP contribution >= 0.6 is 0 Å². The maximum atomic E-state index is 12.3. The second-order valence-corrected chi connectivity index (χ2v) is 5.73. The fourth-order valence-electron chi connectivity index (χ4n) is 1.91. The van der Waals surface area contributed by atoms with Crippen molar-refractivity contribution in [3.63, 3.8) is 0 Å². The van der Waals surface area contributed by atoms with E-state index < -0.39 is 9.84 Å². The van der Waals surface area contributed by atoms with Crippen molar-refractivity contribution in [2.45, 2.75) is 18.4 Å². The van der Waals surface area contributed by atoms with Gasteiger partial charge in [-0.15, -0.1) is 0 Å². The Bertz CT molecular complexity index is 561. The van der Waals surface area contributed by atoms with E-state index in [0.717, 1.165) is 0 Å². The summed E-state index contributed by atoms with van der Waals surface area (Å²) in [6, 6.07) is 5.34. The zero-order chi connectivity index (χ0) is 12.5. The molecular formula is C12H15NO3S. The smallest absolute Gasteiger partial charge is 0.206 e. The Morgan fingerprint density at radius 3 is 2.76 bits per heavy atom. The number of sulfone groups is 1. The second-order valence-electron chi connectivity index (χ2n) is 3.79. The number of ether oxygens (including phenoxy) is 1. The highest BCUT2D eigenvalue weighted by atomic mass is 32.2. The first kappa shape index (κ1) is 12.3. The van der Waals surface area contributed by atoms with Crippen LogP contribution in [0.2, 0.25) is 0 Å². The van der Waals surface area contributed by atoms with E-state index in [2.05, 4.69) is 0 Å². The number of hydrogen-bond donors (Lipinski definition) is 1. The van der Waals surface area contributed by atoms with Gasteiger partial charge in [-0.2, -0.15) is 0 Å². The van der Waals surface area contributed by atoms with E-state index in [4.69, 9.17) is 10.5 Å². The van der Waals surface area contributed by atoms with Crippen LogP contribution in [0.15, 0.2) is 28.0 Å². The highest BCUT2D eigenvalue weighted by Crippen LogP contribution is 2.35. The Labute approximate surface area is 101 Å². The van der Waals surface area contributed by atoms with Crippen LogP contribution in [0.3, 0.4) is 0 Å².